The molecule has 4 N–H and O–H groups in total. The fourth-order valence-electron chi connectivity index (χ4n) is 9.94. The Kier molecular flexibility index (Phi) is 19.8. The number of hydrogen-bond donors (Lipinski definition) is 4. The fourth-order valence-corrected chi connectivity index (χ4v) is 9.94. The van der Waals surface area contributed by atoms with Gasteiger partial charge < -0.3 is 40.9 Å². The Balaban J connectivity index is 1.22. The quantitative estimate of drug-likeness (QED) is 0.0695. The second-order valence-corrected chi connectivity index (χ2v) is 22.4. The summed E-state index contributed by atoms with van der Waals surface area (Å²) in [4.78, 5) is 91.8. The van der Waals surface area contributed by atoms with Gasteiger partial charge in [0, 0.05) is 62.5 Å². The second kappa shape index (κ2) is 25.7. The van der Waals surface area contributed by atoms with Crippen LogP contribution < -0.4 is 21.3 Å². The number of rotatable bonds is 21. The van der Waals surface area contributed by atoms with E-state index in [9.17, 15) is 28.8 Å². The second-order valence-electron chi connectivity index (χ2n) is 22.4. The molecule has 0 radical (unpaired) electrons. The smallest absolute Gasteiger partial charge is 0.253 e. The molecule has 2 saturated heterocycles. The van der Waals surface area contributed by atoms with Gasteiger partial charge in [0.1, 0.15) is 12.1 Å². The van der Waals surface area contributed by atoms with Crippen LogP contribution in [0.15, 0.2) is 109 Å². The Morgan fingerprint density at radius 3 is 1.36 bits per heavy atom. The zero-order valence-corrected chi connectivity index (χ0v) is 45.6. The third-order valence-electron chi connectivity index (χ3n) is 14.8. The number of hydrogen-bond acceptors (Lipinski definition) is 8. The Bertz CT molecular complexity index is 2520. The zero-order chi connectivity index (χ0) is 53.7. The van der Waals surface area contributed by atoms with Gasteiger partial charge in [0.05, 0.1) is 12.1 Å². The van der Waals surface area contributed by atoms with E-state index in [1.165, 1.54) is 0 Å². The van der Waals surface area contributed by atoms with Gasteiger partial charge in [-0.25, -0.2) is 0 Å². The third kappa shape index (κ3) is 14.9. The minimum absolute atomic E-state index is 0.140. The molecule has 2 heterocycles. The number of carbonyl (C=O) groups is 6. The Morgan fingerprint density at radius 1 is 0.541 bits per heavy atom. The summed E-state index contributed by atoms with van der Waals surface area (Å²) in [6, 6.07) is 32.3. The average molecular weight is 1010 g/mol. The summed E-state index contributed by atoms with van der Waals surface area (Å²) in [7, 11) is 3.43. The molecule has 398 valence electrons. The lowest BCUT2D eigenvalue weighted by molar-refractivity contribution is -0.141. The highest BCUT2D eigenvalue weighted by atomic mass is 16.2. The number of nitrogens with zero attached hydrogens (tertiary/aromatic N) is 4. The van der Waals surface area contributed by atoms with Crippen molar-refractivity contribution in [3.8, 4) is 11.1 Å². The van der Waals surface area contributed by atoms with Gasteiger partial charge in [-0.15, -0.1) is 0 Å². The van der Waals surface area contributed by atoms with Gasteiger partial charge in [0.25, 0.3) is 11.8 Å². The van der Waals surface area contributed by atoms with Gasteiger partial charge >= 0.3 is 0 Å². The molecule has 2 aliphatic heterocycles. The van der Waals surface area contributed by atoms with Gasteiger partial charge in [-0.1, -0.05) is 126 Å². The van der Waals surface area contributed by atoms with Crippen molar-refractivity contribution in [3.05, 3.63) is 131 Å². The molecule has 74 heavy (non-hydrogen) atoms. The highest BCUT2D eigenvalue weighted by Gasteiger charge is 2.42. The topological polar surface area (TPSA) is 163 Å². The van der Waals surface area contributed by atoms with E-state index in [1.807, 2.05) is 146 Å². The molecule has 0 saturated carbocycles. The van der Waals surface area contributed by atoms with Crippen LogP contribution in [0.3, 0.4) is 0 Å². The molecular weight excluding hydrogens is 929 g/mol. The summed E-state index contributed by atoms with van der Waals surface area (Å²) < 4.78 is 0. The number of carbonyl (C=O) groups excluding carboxylic acids is 6. The first-order chi connectivity index (χ1) is 35.2. The van der Waals surface area contributed by atoms with Crippen molar-refractivity contribution in [3.63, 3.8) is 0 Å². The van der Waals surface area contributed by atoms with Crippen molar-refractivity contribution in [2.75, 3.05) is 53.4 Å². The highest BCUT2D eigenvalue weighted by Crippen LogP contribution is 2.30. The van der Waals surface area contributed by atoms with Crippen LogP contribution in [-0.4, -0.2) is 145 Å². The molecule has 4 aromatic rings. The van der Waals surface area contributed by atoms with E-state index < -0.39 is 35.0 Å². The Labute approximate surface area is 440 Å². The van der Waals surface area contributed by atoms with E-state index in [0.29, 0.717) is 63.2 Å². The molecule has 6 amide bonds. The molecular formula is C60H82N8O6. The Hall–Kier alpha value is -6.38. The van der Waals surface area contributed by atoms with Gasteiger partial charge in [-0.05, 0) is 124 Å². The fraction of sp³-hybridized carbons (Fsp3) is 0.500. The summed E-state index contributed by atoms with van der Waals surface area (Å²) >= 11 is 0. The van der Waals surface area contributed by atoms with E-state index in [4.69, 9.17) is 0 Å². The van der Waals surface area contributed by atoms with E-state index >= 15 is 0 Å². The standard InChI is InChI=1S/C60H82N8O6/c1-41(61-9)53(69)63-51(59(3,4)5)57(73)67-34-18-26-49(67)39-65(36-32-43-20-13-11-14-21-43)55(71)46-30-28-45(29-31-46)47-24-17-25-48(38-47)56(72)66(37-33-44-22-15-12-16-23-44)40-50-27-19-35-68(50)58(74)52(60(6,7)8)64-54(70)42(2)62-10/h11-17,20-25,28-31,38,41-42,49-52,61-62H,18-19,26-27,32-37,39-40H2,1-10H3,(H,63,69)(H,64,70)/t41-,42-,49+,50-,51+,52+/m0/s1. The number of amides is 6. The van der Waals surface area contributed by atoms with Crippen molar-refractivity contribution in [1.82, 2.24) is 40.9 Å². The van der Waals surface area contributed by atoms with E-state index in [2.05, 4.69) is 45.5 Å². The van der Waals surface area contributed by atoms with Gasteiger partial charge in [0.2, 0.25) is 23.6 Å². The molecule has 6 rings (SSSR count). The minimum Gasteiger partial charge on any atom is -0.342 e. The molecule has 0 aromatic heterocycles. The van der Waals surface area contributed by atoms with Crippen LogP contribution in [0.1, 0.15) is 113 Å². The van der Waals surface area contributed by atoms with Crippen LogP contribution in [0.2, 0.25) is 0 Å². The van der Waals surface area contributed by atoms with Crippen LogP contribution >= 0.6 is 0 Å². The van der Waals surface area contributed by atoms with Crippen molar-refractivity contribution >= 4 is 35.4 Å². The number of nitrogens with one attached hydrogen (secondary N) is 4. The maximum absolute atomic E-state index is 14.8. The predicted molar refractivity (Wildman–Crippen MR) is 293 cm³/mol. The van der Waals surface area contributed by atoms with Gasteiger partial charge in [-0.2, -0.15) is 0 Å². The molecule has 0 spiro atoms. The molecule has 14 heteroatoms. The first-order valence-electron chi connectivity index (χ1n) is 26.6. The average Bonchev–Trinajstić information content (AvgIpc) is 4.08. The summed E-state index contributed by atoms with van der Waals surface area (Å²) in [6.07, 6.45) is 4.33. The molecule has 6 atom stereocenters. The van der Waals surface area contributed by atoms with Crippen molar-refractivity contribution < 1.29 is 28.8 Å². The summed E-state index contributed by atoms with van der Waals surface area (Å²) in [5, 5.41) is 12.0. The van der Waals surface area contributed by atoms with Crippen molar-refractivity contribution in [2.45, 2.75) is 130 Å². The minimum atomic E-state index is -0.746. The predicted octanol–water partition coefficient (Wildman–Crippen LogP) is 6.98. The lowest BCUT2D eigenvalue weighted by Gasteiger charge is -2.37. The first kappa shape index (κ1) is 56.9. The van der Waals surface area contributed by atoms with Crippen LogP contribution in [0, 0.1) is 10.8 Å². The lowest BCUT2D eigenvalue weighted by Crippen LogP contribution is -2.59. The van der Waals surface area contributed by atoms with Crippen molar-refractivity contribution in [2.24, 2.45) is 10.8 Å². The maximum atomic E-state index is 14.8. The first-order valence-corrected chi connectivity index (χ1v) is 26.6. The normalized spacial score (nSPS) is 17.5. The van der Waals surface area contributed by atoms with Gasteiger partial charge in [0.15, 0.2) is 0 Å². The van der Waals surface area contributed by atoms with Crippen LogP contribution in [0.25, 0.3) is 11.1 Å². The van der Waals surface area contributed by atoms with Crippen LogP contribution in [0.5, 0.6) is 0 Å². The third-order valence-corrected chi connectivity index (χ3v) is 14.8. The maximum Gasteiger partial charge on any atom is 0.253 e. The summed E-state index contributed by atoms with van der Waals surface area (Å²) in [5.41, 5.74) is 3.80. The highest BCUT2D eigenvalue weighted by molar-refractivity contribution is 5.97. The Morgan fingerprint density at radius 2 is 0.959 bits per heavy atom. The number of likely N-dealkylation sites (tertiary alicyclic amines) is 2. The van der Waals surface area contributed by atoms with Crippen LogP contribution in [0.4, 0.5) is 0 Å². The summed E-state index contributed by atoms with van der Waals surface area (Å²) in [6.45, 7) is 17.9. The molecule has 2 fully saturated rings. The molecule has 0 aliphatic carbocycles. The monoisotopic (exact) mass is 1010 g/mol. The van der Waals surface area contributed by atoms with E-state index in [0.717, 1.165) is 47.9 Å². The molecule has 0 unspecified atom stereocenters. The molecule has 0 bridgehead atoms. The van der Waals surface area contributed by atoms with Crippen LogP contribution in [-0.2, 0) is 32.0 Å². The summed E-state index contributed by atoms with van der Waals surface area (Å²) in [5.74, 6) is -1.05. The zero-order valence-electron chi connectivity index (χ0n) is 45.6. The van der Waals surface area contributed by atoms with E-state index in [1.54, 1.807) is 27.9 Å². The molecule has 14 nitrogen and oxygen atoms in total. The molecule has 2 aliphatic rings. The molecule has 4 aromatic carbocycles. The van der Waals surface area contributed by atoms with Crippen molar-refractivity contribution in [1.29, 1.82) is 0 Å². The van der Waals surface area contributed by atoms with Gasteiger partial charge in [-0.3, -0.25) is 28.8 Å². The number of benzene rings is 4. The largest absolute Gasteiger partial charge is 0.342 e. The SMILES string of the molecule is CN[C@@H](C)C(=O)N[C@H](C(=O)N1CCC[C@@H]1CN(CCc1ccccc1)C(=O)c1ccc(-c2cccc(C(=O)N(CCc3ccccc3)C[C@@H]3CCCN3C(=O)[C@@H](NC(=O)[C@H](C)NC)C(C)(C)C)c2)cc1)C(C)(C)C. The lowest BCUT2D eigenvalue weighted by atomic mass is 9.85. The van der Waals surface area contributed by atoms with E-state index in [-0.39, 0.29) is 47.5 Å². The number of likely N-dealkylation sites (N-methyl/N-ethyl adjacent to an activating group) is 2.